The summed E-state index contributed by atoms with van der Waals surface area (Å²) in [7, 11) is 0. The van der Waals surface area contributed by atoms with E-state index in [1.165, 1.54) is 0 Å². The van der Waals surface area contributed by atoms with Gasteiger partial charge in [0.05, 0.1) is 6.04 Å². The maximum Gasteiger partial charge on any atom is 0.326 e. The fourth-order valence-electron chi connectivity index (χ4n) is 3.10. The van der Waals surface area contributed by atoms with Gasteiger partial charge in [-0.15, -0.1) is 0 Å². The van der Waals surface area contributed by atoms with Crippen LogP contribution in [0.1, 0.15) is 13.3 Å². The first kappa shape index (κ1) is 15.6. The highest BCUT2D eigenvalue weighted by atomic mass is 16.2. The smallest absolute Gasteiger partial charge is 0.308 e. The van der Waals surface area contributed by atoms with Gasteiger partial charge in [-0.2, -0.15) is 0 Å². The number of nitrogens with one attached hydrogen (secondary N) is 1. The van der Waals surface area contributed by atoms with E-state index < -0.39 is 0 Å². The monoisotopic (exact) mass is 309 g/mol. The first-order valence-electron chi connectivity index (χ1n) is 8.20. The number of urea groups is 1. The van der Waals surface area contributed by atoms with Crippen LogP contribution in [0.3, 0.4) is 0 Å². The minimum atomic E-state index is -0.0645. The Balaban J connectivity index is 1.82. The first-order valence-corrected chi connectivity index (χ1v) is 8.20. The average molecular weight is 309 g/mol. The molecule has 1 fully saturated rings. The zero-order chi connectivity index (χ0) is 16.1. The Labute approximate surface area is 137 Å². The topological polar surface area (TPSA) is 35.6 Å². The summed E-state index contributed by atoms with van der Waals surface area (Å²) in [6.45, 7) is 5.16. The number of hydrogen-bond donors (Lipinski definition) is 1. The van der Waals surface area contributed by atoms with Crippen molar-refractivity contribution in [3.8, 4) is 0 Å². The molecular weight excluding hydrogens is 286 g/mol. The van der Waals surface area contributed by atoms with Crippen molar-refractivity contribution in [2.45, 2.75) is 19.4 Å². The van der Waals surface area contributed by atoms with Crippen molar-refractivity contribution in [2.75, 3.05) is 29.9 Å². The number of benzene rings is 2. The van der Waals surface area contributed by atoms with Gasteiger partial charge in [0.25, 0.3) is 0 Å². The number of nitrogens with zero attached hydrogens (tertiary/aromatic N) is 2. The zero-order valence-corrected chi connectivity index (χ0v) is 13.5. The molecule has 0 aliphatic carbocycles. The molecule has 4 nitrogen and oxygen atoms in total. The van der Waals surface area contributed by atoms with Crippen LogP contribution in [-0.2, 0) is 0 Å². The van der Waals surface area contributed by atoms with E-state index in [1.54, 1.807) is 0 Å². The third-order valence-electron chi connectivity index (χ3n) is 4.34. The van der Waals surface area contributed by atoms with Gasteiger partial charge in [0.2, 0.25) is 0 Å². The predicted octanol–water partition coefficient (Wildman–Crippen LogP) is 3.82. The second kappa shape index (κ2) is 7.29. The molecule has 4 heteroatoms. The van der Waals surface area contributed by atoms with Gasteiger partial charge in [-0.1, -0.05) is 43.3 Å². The summed E-state index contributed by atoms with van der Waals surface area (Å²) in [4.78, 5) is 17.2. The largest absolute Gasteiger partial charge is 0.326 e. The van der Waals surface area contributed by atoms with E-state index in [1.807, 2.05) is 65.6 Å². The Kier molecular flexibility index (Phi) is 4.93. The Morgan fingerprint density at radius 2 is 1.78 bits per heavy atom. The Hall–Kier alpha value is -2.33. The molecule has 0 unspecified atom stereocenters. The minimum absolute atomic E-state index is 0.0645. The standard InChI is InChI=1S/C19H23N3O/c1-2-21-14-13-18(15-21)22(17-11-7-4-8-12-17)19(23)20-16-9-5-3-6-10-16/h3-12,18H,2,13-15H2,1H3,(H,20,23)/t18-/m0/s1. The van der Waals surface area contributed by atoms with E-state index in [4.69, 9.17) is 0 Å². The van der Waals surface area contributed by atoms with Gasteiger partial charge in [-0.3, -0.25) is 4.90 Å². The normalized spacial score (nSPS) is 17.9. The van der Waals surface area contributed by atoms with Gasteiger partial charge in [-0.25, -0.2) is 4.79 Å². The number of anilines is 2. The number of amides is 2. The van der Waals surface area contributed by atoms with Crippen molar-refractivity contribution in [1.82, 2.24) is 4.90 Å². The lowest BCUT2D eigenvalue weighted by molar-refractivity contribution is 0.254. The van der Waals surface area contributed by atoms with Crippen LogP contribution in [0, 0.1) is 0 Å². The molecule has 1 N–H and O–H groups in total. The number of para-hydroxylation sites is 2. The van der Waals surface area contributed by atoms with E-state index in [0.717, 1.165) is 37.4 Å². The molecule has 0 radical (unpaired) electrons. The van der Waals surface area contributed by atoms with E-state index >= 15 is 0 Å². The lowest BCUT2D eigenvalue weighted by Crippen LogP contribution is -2.44. The van der Waals surface area contributed by atoms with Crippen molar-refractivity contribution in [2.24, 2.45) is 0 Å². The molecule has 1 aliphatic heterocycles. The number of likely N-dealkylation sites (N-methyl/N-ethyl adjacent to an activating group) is 1. The highest BCUT2D eigenvalue weighted by molar-refractivity contribution is 6.02. The van der Waals surface area contributed by atoms with Gasteiger partial charge in [0, 0.05) is 24.5 Å². The molecule has 23 heavy (non-hydrogen) atoms. The molecule has 2 aromatic carbocycles. The van der Waals surface area contributed by atoms with Crippen molar-refractivity contribution < 1.29 is 4.79 Å². The van der Waals surface area contributed by atoms with E-state index in [-0.39, 0.29) is 12.1 Å². The summed E-state index contributed by atoms with van der Waals surface area (Å²) in [5.74, 6) is 0. The highest BCUT2D eigenvalue weighted by Crippen LogP contribution is 2.24. The molecule has 0 aromatic heterocycles. The van der Waals surface area contributed by atoms with Gasteiger partial charge < -0.3 is 10.2 Å². The van der Waals surface area contributed by atoms with Crippen molar-refractivity contribution >= 4 is 17.4 Å². The number of likely N-dealkylation sites (tertiary alicyclic amines) is 1. The number of hydrogen-bond acceptors (Lipinski definition) is 2. The first-order chi connectivity index (χ1) is 11.3. The highest BCUT2D eigenvalue weighted by Gasteiger charge is 2.31. The second-order valence-corrected chi connectivity index (χ2v) is 5.84. The lowest BCUT2D eigenvalue weighted by Gasteiger charge is -2.29. The molecule has 3 rings (SSSR count). The van der Waals surface area contributed by atoms with Crippen LogP contribution in [0.4, 0.5) is 16.2 Å². The van der Waals surface area contributed by atoms with Crippen molar-refractivity contribution in [3.05, 3.63) is 60.7 Å². The summed E-state index contributed by atoms with van der Waals surface area (Å²) in [5.41, 5.74) is 1.77. The van der Waals surface area contributed by atoms with E-state index in [0.29, 0.717) is 0 Å². The Bertz CT molecular complexity index is 630. The van der Waals surface area contributed by atoms with Gasteiger partial charge in [-0.05, 0) is 37.2 Å². The molecular formula is C19H23N3O. The third-order valence-corrected chi connectivity index (χ3v) is 4.34. The molecule has 2 amide bonds. The van der Waals surface area contributed by atoms with E-state index in [9.17, 15) is 4.79 Å². The van der Waals surface area contributed by atoms with Crippen molar-refractivity contribution in [3.63, 3.8) is 0 Å². The Morgan fingerprint density at radius 1 is 1.13 bits per heavy atom. The maximum absolute atomic E-state index is 12.9. The van der Waals surface area contributed by atoms with E-state index in [2.05, 4.69) is 17.1 Å². The van der Waals surface area contributed by atoms with Gasteiger partial charge >= 0.3 is 6.03 Å². The average Bonchev–Trinajstić information content (AvgIpc) is 3.05. The summed E-state index contributed by atoms with van der Waals surface area (Å²) >= 11 is 0. The van der Waals surface area contributed by atoms with Crippen LogP contribution >= 0.6 is 0 Å². The fourth-order valence-corrected chi connectivity index (χ4v) is 3.10. The second-order valence-electron chi connectivity index (χ2n) is 5.84. The van der Waals surface area contributed by atoms with Crippen LogP contribution in [0.2, 0.25) is 0 Å². The summed E-state index contributed by atoms with van der Waals surface area (Å²) in [6, 6.07) is 19.7. The fraction of sp³-hybridized carbons (Fsp3) is 0.316. The van der Waals surface area contributed by atoms with Gasteiger partial charge in [0.1, 0.15) is 0 Å². The molecule has 2 aromatic rings. The summed E-state index contributed by atoms with van der Waals surface area (Å²) in [6.07, 6.45) is 1.00. The third kappa shape index (κ3) is 3.71. The van der Waals surface area contributed by atoms with Gasteiger partial charge in [0.15, 0.2) is 0 Å². The van der Waals surface area contributed by atoms with Crippen LogP contribution < -0.4 is 10.2 Å². The number of carbonyl (C=O) groups is 1. The van der Waals surface area contributed by atoms with Crippen LogP contribution in [0.15, 0.2) is 60.7 Å². The maximum atomic E-state index is 12.9. The zero-order valence-electron chi connectivity index (χ0n) is 13.5. The molecule has 1 aliphatic rings. The quantitative estimate of drug-likeness (QED) is 0.932. The number of carbonyl (C=O) groups excluding carboxylic acids is 1. The molecule has 0 spiro atoms. The SMILES string of the molecule is CCN1CC[C@H](N(C(=O)Nc2ccccc2)c2ccccc2)C1. The molecule has 0 saturated carbocycles. The molecule has 1 heterocycles. The Morgan fingerprint density at radius 3 is 2.39 bits per heavy atom. The predicted molar refractivity (Wildman–Crippen MR) is 94.9 cm³/mol. The molecule has 0 bridgehead atoms. The van der Waals surface area contributed by atoms with Crippen LogP contribution in [0.25, 0.3) is 0 Å². The van der Waals surface area contributed by atoms with Crippen LogP contribution in [0.5, 0.6) is 0 Å². The minimum Gasteiger partial charge on any atom is -0.308 e. The molecule has 1 atom stereocenters. The van der Waals surface area contributed by atoms with Crippen molar-refractivity contribution in [1.29, 1.82) is 0 Å². The van der Waals surface area contributed by atoms with Crippen LogP contribution in [-0.4, -0.2) is 36.6 Å². The molecule has 1 saturated heterocycles. The lowest BCUT2D eigenvalue weighted by atomic mass is 10.2. The number of rotatable bonds is 4. The summed E-state index contributed by atoms with van der Waals surface area (Å²) < 4.78 is 0. The summed E-state index contributed by atoms with van der Waals surface area (Å²) in [5, 5.41) is 3.02. The molecule has 120 valence electrons.